The molecular formula is C14H27NO3. The SMILES string of the molecule is CCNC1(C(=O)O)CCCC1CCOC(C)(C)C. The minimum Gasteiger partial charge on any atom is -0.480 e. The van der Waals surface area contributed by atoms with Crippen LogP contribution < -0.4 is 5.32 Å². The summed E-state index contributed by atoms with van der Waals surface area (Å²) in [6.45, 7) is 9.37. The van der Waals surface area contributed by atoms with Gasteiger partial charge in [-0.3, -0.25) is 4.79 Å². The number of hydrogen-bond donors (Lipinski definition) is 2. The summed E-state index contributed by atoms with van der Waals surface area (Å²) in [5.74, 6) is -0.528. The van der Waals surface area contributed by atoms with E-state index in [4.69, 9.17) is 4.74 Å². The fraction of sp³-hybridized carbons (Fsp3) is 0.929. The summed E-state index contributed by atoms with van der Waals surface area (Å²) in [6.07, 6.45) is 3.51. The van der Waals surface area contributed by atoms with E-state index in [1.165, 1.54) is 0 Å². The topological polar surface area (TPSA) is 58.6 Å². The van der Waals surface area contributed by atoms with E-state index in [1.54, 1.807) is 0 Å². The third kappa shape index (κ3) is 3.69. The first-order valence-corrected chi connectivity index (χ1v) is 6.94. The summed E-state index contributed by atoms with van der Waals surface area (Å²) in [4.78, 5) is 11.6. The molecule has 0 spiro atoms. The second-order valence-electron chi connectivity index (χ2n) is 6.15. The number of rotatable bonds is 6. The number of carboxylic acids is 1. The third-order valence-electron chi connectivity index (χ3n) is 3.70. The van der Waals surface area contributed by atoms with Crippen LogP contribution in [0.2, 0.25) is 0 Å². The van der Waals surface area contributed by atoms with Gasteiger partial charge in [-0.1, -0.05) is 13.3 Å². The molecule has 0 aliphatic heterocycles. The zero-order chi connectivity index (χ0) is 13.8. The Labute approximate surface area is 110 Å². The Balaban J connectivity index is 2.60. The molecule has 1 fully saturated rings. The molecule has 2 unspecified atom stereocenters. The second-order valence-corrected chi connectivity index (χ2v) is 6.15. The summed E-state index contributed by atoms with van der Waals surface area (Å²) in [6, 6.07) is 0. The van der Waals surface area contributed by atoms with Gasteiger partial charge in [0, 0.05) is 6.61 Å². The van der Waals surface area contributed by atoms with Gasteiger partial charge in [0.15, 0.2) is 0 Å². The lowest BCUT2D eigenvalue weighted by molar-refractivity contribution is -0.147. The molecule has 0 aromatic carbocycles. The van der Waals surface area contributed by atoms with E-state index in [-0.39, 0.29) is 11.5 Å². The van der Waals surface area contributed by atoms with E-state index in [1.807, 2.05) is 27.7 Å². The number of carboxylic acid groups (broad SMARTS) is 1. The molecule has 4 nitrogen and oxygen atoms in total. The number of likely N-dealkylation sites (N-methyl/N-ethyl adjacent to an activating group) is 1. The van der Waals surface area contributed by atoms with Gasteiger partial charge in [0.05, 0.1) is 5.60 Å². The highest BCUT2D eigenvalue weighted by Crippen LogP contribution is 2.38. The van der Waals surface area contributed by atoms with Gasteiger partial charge in [-0.15, -0.1) is 0 Å². The minimum absolute atomic E-state index is 0.150. The van der Waals surface area contributed by atoms with E-state index in [9.17, 15) is 9.90 Å². The van der Waals surface area contributed by atoms with Crippen LogP contribution >= 0.6 is 0 Å². The van der Waals surface area contributed by atoms with E-state index in [0.717, 1.165) is 25.7 Å². The Morgan fingerprint density at radius 1 is 1.50 bits per heavy atom. The maximum Gasteiger partial charge on any atom is 0.324 e. The molecule has 0 amide bonds. The maximum absolute atomic E-state index is 11.6. The van der Waals surface area contributed by atoms with Crippen LogP contribution in [0, 0.1) is 5.92 Å². The lowest BCUT2D eigenvalue weighted by atomic mass is 9.84. The Bertz CT molecular complexity index is 285. The molecule has 1 aliphatic rings. The normalized spacial score (nSPS) is 28.6. The van der Waals surface area contributed by atoms with Crippen LogP contribution in [0.5, 0.6) is 0 Å². The van der Waals surface area contributed by atoms with Crippen LogP contribution in [0.1, 0.15) is 53.4 Å². The number of carbonyl (C=O) groups is 1. The van der Waals surface area contributed by atoms with Crippen LogP contribution in [0.15, 0.2) is 0 Å². The minimum atomic E-state index is -0.726. The number of ether oxygens (including phenoxy) is 1. The van der Waals surface area contributed by atoms with E-state index in [2.05, 4.69) is 5.32 Å². The summed E-state index contributed by atoms with van der Waals surface area (Å²) < 4.78 is 5.72. The molecule has 4 heteroatoms. The van der Waals surface area contributed by atoms with Crippen LogP contribution in [0.25, 0.3) is 0 Å². The molecule has 2 atom stereocenters. The number of hydrogen-bond acceptors (Lipinski definition) is 3. The van der Waals surface area contributed by atoms with Crippen molar-refractivity contribution < 1.29 is 14.6 Å². The number of nitrogens with one attached hydrogen (secondary N) is 1. The lowest BCUT2D eigenvalue weighted by Crippen LogP contribution is -2.55. The van der Waals surface area contributed by atoms with Crippen molar-refractivity contribution in [2.75, 3.05) is 13.2 Å². The molecule has 2 N–H and O–H groups in total. The number of aliphatic carboxylic acids is 1. The highest BCUT2D eigenvalue weighted by Gasteiger charge is 2.48. The van der Waals surface area contributed by atoms with Crippen molar-refractivity contribution >= 4 is 5.97 Å². The van der Waals surface area contributed by atoms with Crippen molar-refractivity contribution in [3.05, 3.63) is 0 Å². The van der Waals surface area contributed by atoms with Crippen molar-refractivity contribution in [2.45, 2.75) is 64.5 Å². The molecule has 0 radical (unpaired) electrons. The predicted octanol–water partition coefficient (Wildman–Crippen LogP) is 2.42. The van der Waals surface area contributed by atoms with Gasteiger partial charge >= 0.3 is 5.97 Å². The van der Waals surface area contributed by atoms with E-state index < -0.39 is 11.5 Å². The van der Waals surface area contributed by atoms with Gasteiger partial charge in [0.2, 0.25) is 0 Å². The highest BCUT2D eigenvalue weighted by molar-refractivity contribution is 5.79. The maximum atomic E-state index is 11.6. The fourth-order valence-corrected chi connectivity index (χ4v) is 2.88. The molecule has 1 rings (SSSR count). The van der Waals surface area contributed by atoms with Gasteiger partial charge in [-0.25, -0.2) is 0 Å². The monoisotopic (exact) mass is 257 g/mol. The third-order valence-corrected chi connectivity index (χ3v) is 3.70. The summed E-state index contributed by atoms with van der Waals surface area (Å²) in [7, 11) is 0. The van der Waals surface area contributed by atoms with Crippen molar-refractivity contribution in [3.8, 4) is 0 Å². The van der Waals surface area contributed by atoms with Crippen molar-refractivity contribution in [2.24, 2.45) is 5.92 Å². The van der Waals surface area contributed by atoms with Crippen LogP contribution in [-0.2, 0) is 9.53 Å². The van der Waals surface area contributed by atoms with Gasteiger partial charge in [0.25, 0.3) is 0 Å². The molecule has 0 aromatic heterocycles. The van der Waals surface area contributed by atoms with E-state index in [0.29, 0.717) is 13.2 Å². The Kier molecular flexibility index (Phi) is 5.17. The van der Waals surface area contributed by atoms with Crippen molar-refractivity contribution in [3.63, 3.8) is 0 Å². The quantitative estimate of drug-likeness (QED) is 0.767. The molecule has 0 aromatic rings. The zero-order valence-corrected chi connectivity index (χ0v) is 12.1. The molecule has 106 valence electrons. The first-order valence-electron chi connectivity index (χ1n) is 6.94. The van der Waals surface area contributed by atoms with Crippen LogP contribution in [-0.4, -0.2) is 35.4 Å². The lowest BCUT2D eigenvalue weighted by Gasteiger charge is -2.33. The van der Waals surface area contributed by atoms with E-state index >= 15 is 0 Å². The summed E-state index contributed by atoms with van der Waals surface area (Å²) >= 11 is 0. The van der Waals surface area contributed by atoms with Crippen molar-refractivity contribution in [1.82, 2.24) is 5.32 Å². The van der Waals surface area contributed by atoms with Crippen molar-refractivity contribution in [1.29, 1.82) is 0 Å². The fourth-order valence-electron chi connectivity index (χ4n) is 2.88. The first kappa shape index (κ1) is 15.4. The summed E-state index contributed by atoms with van der Waals surface area (Å²) in [5, 5.41) is 12.7. The van der Waals surface area contributed by atoms with Gasteiger partial charge in [0.1, 0.15) is 5.54 Å². The first-order chi connectivity index (χ1) is 8.32. The molecule has 1 aliphatic carbocycles. The zero-order valence-electron chi connectivity index (χ0n) is 12.1. The molecule has 18 heavy (non-hydrogen) atoms. The predicted molar refractivity (Wildman–Crippen MR) is 71.7 cm³/mol. The smallest absolute Gasteiger partial charge is 0.324 e. The average Bonchev–Trinajstić information content (AvgIpc) is 2.61. The van der Waals surface area contributed by atoms with Gasteiger partial charge < -0.3 is 15.2 Å². The summed E-state index contributed by atoms with van der Waals surface area (Å²) in [5.41, 5.74) is -0.876. The molecule has 0 heterocycles. The Morgan fingerprint density at radius 3 is 2.67 bits per heavy atom. The van der Waals surface area contributed by atoms with Gasteiger partial charge in [-0.05, 0) is 52.5 Å². The average molecular weight is 257 g/mol. The molecule has 0 bridgehead atoms. The largest absolute Gasteiger partial charge is 0.480 e. The highest BCUT2D eigenvalue weighted by atomic mass is 16.5. The Hall–Kier alpha value is -0.610. The molecule has 1 saturated carbocycles. The Morgan fingerprint density at radius 2 is 2.17 bits per heavy atom. The van der Waals surface area contributed by atoms with Crippen LogP contribution in [0.3, 0.4) is 0 Å². The molecule has 0 saturated heterocycles. The van der Waals surface area contributed by atoms with Gasteiger partial charge in [-0.2, -0.15) is 0 Å². The second kappa shape index (κ2) is 6.02. The standard InChI is InChI=1S/C14H27NO3/c1-5-15-14(12(16)17)9-6-7-11(14)8-10-18-13(2,3)4/h11,15H,5-10H2,1-4H3,(H,16,17). The molecular weight excluding hydrogens is 230 g/mol. The van der Waals surface area contributed by atoms with Crippen LogP contribution in [0.4, 0.5) is 0 Å².